The first-order valence-electron chi connectivity index (χ1n) is 4.91. The minimum Gasteiger partial charge on any atom is -0.480 e. The average molecular weight is 258 g/mol. The van der Waals surface area contributed by atoms with Gasteiger partial charge in [-0.05, 0) is 0 Å². The third-order valence-electron chi connectivity index (χ3n) is 2.00. The predicted molar refractivity (Wildman–Crippen MR) is 62.4 cm³/mol. The van der Waals surface area contributed by atoms with Crippen LogP contribution in [0.25, 0.3) is 0 Å². The van der Waals surface area contributed by atoms with E-state index in [1.54, 1.807) is 10.9 Å². The summed E-state index contributed by atoms with van der Waals surface area (Å²) in [5.41, 5.74) is 0. The summed E-state index contributed by atoms with van der Waals surface area (Å²) in [6, 6.07) is -0.870. The summed E-state index contributed by atoms with van der Waals surface area (Å²) in [6.45, 7) is 1.29. The van der Waals surface area contributed by atoms with Crippen LogP contribution < -0.4 is 5.32 Å². The minimum absolute atomic E-state index is 0.293. The number of rotatable bonds is 6. The lowest BCUT2D eigenvalue weighted by molar-refractivity contribution is -0.140. The standard InChI is InChI=1S/C9H14N4O3S/c1-6(14)11-7(9(15)16)3-17-4-8-12-10-5-13(8)2/h5,7H,3-4H2,1-2H3,(H,11,14)(H,15,16). The molecule has 0 spiro atoms. The van der Waals surface area contributed by atoms with Crippen LogP contribution in [0.1, 0.15) is 12.7 Å². The van der Waals surface area contributed by atoms with Gasteiger partial charge in [0.15, 0.2) is 0 Å². The molecule has 2 N–H and O–H groups in total. The molecule has 1 unspecified atom stereocenters. The summed E-state index contributed by atoms with van der Waals surface area (Å²) in [6.07, 6.45) is 1.58. The second kappa shape index (κ2) is 6.24. The lowest BCUT2D eigenvalue weighted by atomic mass is 10.3. The largest absolute Gasteiger partial charge is 0.480 e. The van der Waals surface area contributed by atoms with E-state index in [4.69, 9.17) is 5.11 Å². The quantitative estimate of drug-likeness (QED) is 0.723. The van der Waals surface area contributed by atoms with Gasteiger partial charge in [-0.1, -0.05) is 0 Å². The van der Waals surface area contributed by atoms with Gasteiger partial charge in [-0.15, -0.1) is 10.2 Å². The van der Waals surface area contributed by atoms with Crippen molar-refractivity contribution in [3.8, 4) is 0 Å². The highest BCUT2D eigenvalue weighted by atomic mass is 32.2. The van der Waals surface area contributed by atoms with E-state index in [0.29, 0.717) is 11.5 Å². The molecule has 1 heterocycles. The van der Waals surface area contributed by atoms with Crippen LogP contribution in [-0.4, -0.2) is 43.5 Å². The monoisotopic (exact) mass is 258 g/mol. The Morgan fingerprint density at radius 2 is 2.35 bits per heavy atom. The smallest absolute Gasteiger partial charge is 0.327 e. The van der Waals surface area contributed by atoms with Gasteiger partial charge in [-0.25, -0.2) is 4.79 Å². The van der Waals surface area contributed by atoms with Crippen molar-refractivity contribution in [3.05, 3.63) is 12.2 Å². The van der Waals surface area contributed by atoms with E-state index in [2.05, 4.69) is 15.5 Å². The number of carboxylic acids is 1. The van der Waals surface area contributed by atoms with E-state index in [-0.39, 0.29) is 5.91 Å². The van der Waals surface area contributed by atoms with E-state index in [0.717, 1.165) is 5.82 Å². The second-order valence-corrected chi connectivity index (χ2v) is 4.49. The second-order valence-electron chi connectivity index (χ2n) is 3.46. The molecular weight excluding hydrogens is 244 g/mol. The Bertz CT molecular complexity index is 407. The number of nitrogens with zero attached hydrogens (tertiary/aromatic N) is 3. The molecule has 8 heteroatoms. The van der Waals surface area contributed by atoms with Gasteiger partial charge in [-0.2, -0.15) is 11.8 Å². The number of hydrogen-bond acceptors (Lipinski definition) is 5. The van der Waals surface area contributed by atoms with Crippen molar-refractivity contribution in [2.45, 2.75) is 18.7 Å². The number of aryl methyl sites for hydroxylation is 1. The summed E-state index contributed by atoms with van der Waals surface area (Å²) < 4.78 is 1.77. The Hall–Kier alpha value is -1.57. The normalized spacial score (nSPS) is 12.1. The lowest BCUT2D eigenvalue weighted by Gasteiger charge is -2.12. The number of nitrogens with one attached hydrogen (secondary N) is 1. The van der Waals surface area contributed by atoms with Crippen LogP contribution in [0.2, 0.25) is 0 Å². The Morgan fingerprint density at radius 3 is 2.82 bits per heavy atom. The van der Waals surface area contributed by atoms with Gasteiger partial charge in [0.1, 0.15) is 18.2 Å². The first kappa shape index (κ1) is 13.5. The fourth-order valence-electron chi connectivity index (χ4n) is 1.13. The summed E-state index contributed by atoms with van der Waals surface area (Å²) in [4.78, 5) is 21.6. The zero-order valence-electron chi connectivity index (χ0n) is 9.58. The molecule has 1 rings (SSSR count). The summed E-state index contributed by atoms with van der Waals surface area (Å²) in [5, 5.41) is 18.8. The molecule has 0 aliphatic rings. The number of aromatic nitrogens is 3. The summed E-state index contributed by atoms with van der Waals surface area (Å²) in [5.74, 6) is 0.228. The molecule has 0 bridgehead atoms. The fourth-order valence-corrected chi connectivity index (χ4v) is 2.15. The van der Waals surface area contributed by atoms with Crippen LogP contribution in [0.4, 0.5) is 0 Å². The van der Waals surface area contributed by atoms with E-state index in [1.807, 2.05) is 7.05 Å². The van der Waals surface area contributed by atoms with E-state index < -0.39 is 12.0 Å². The molecule has 0 aliphatic heterocycles. The molecule has 1 atom stereocenters. The van der Waals surface area contributed by atoms with Crippen LogP contribution in [0.5, 0.6) is 0 Å². The minimum atomic E-state index is -1.04. The Labute approximate surface area is 103 Å². The van der Waals surface area contributed by atoms with Crippen molar-refractivity contribution in [3.63, 3.8) is 0 Å². The number of thioether (sulfide) groups is 1. The highest BCUT2D eigenvalue weighted by Gasteiger charge is 2.18. The van der Waals surface area contributed by atoms with Gasteiger partial charge in [0.25, 0.3) is 0 Å². The average Bonchev–Trinajstić information content (AvgIpc) is 2.62. The molecule has 0 saturated heterocycles. The zero-order valence-corrected chi connectivity index (χ0v) is 10.4. The van der Waals surface area contributed by atoms with Gasteiger partial charge in [0.05, 0.1) is 5.75 Å². The van der Waals surface area contributed by atoms with E-state index in [1.165, 1.54) is 18.7 Å². The highest BCUT2D eigenvalue weighted by molar-refractivity contribution is 7.98. The Morgan fingerprint density at radius 1 is 1.65 bits per heavy atom. The van der Waals surface area contributed by atoms with Crippen molar-refractivity contribution in [2.24, 2.45) is 7.05 Å². The topological polar surface area (TPSA) is 97.1 Å². The molecule has 94 valence electrons. The fraction of sp³-hybridized carbons (Fsp3) is 0.556. The van der Waals surface area contributed by atoms with Gasteiger partial charge >= 0.3 is 5.97 Å². The zero-order chi connectivity index (χ0) is 12.8. The number of aliphatic carboxylic acids is 1. The van der Waals surface area contributed by atoms with Gasteiger partial charge in [0, 0.05) is 19.7 Å². The molecule has 0 radical (unpaired) electrons. The molecule has 1 aromatic rings. The number of carbonyl (C=O) groups is 2. The third kappa shape index (κ3) is 4.43. The molecule has 1 amide bonds. The van der Waals surface area contributed by atoms with Gasteiger partial charge < -0.3 is 15.0 Å². The maximum atomic E-state index is 10.8. The maximum absolute atomic E-state index is 10.8. The predicted octanol–water partition coefficient (Wildman–Crippen LogP) is -0.362. The van der Waals surface area contributed by atoms with Crippen molar-refractivity contribution in [1.82, 2.24) is 20.1 Å². The van der Waals surface area contributed by atoms with Crippen molar-refractivity contribution >= 4 is 23.6 Å². The number of hydrogen-bond donors (Lipinski definition) is 2. The van der Waals surface area contributed by atoms with E-state index >= 15 is 0 Å². The molecule has 0 saturated carbocycles. The maximum Gasteiger partial charge on any atom is 0.327 e. The molecular formula is C9H14N4O3S. The molecule has 0 aromatic carbocycles. The van der Waals surface area contributed by atoms with Crippen LogP contribution >= 0.6 is 11.8 Å². The Balaban J connectivity index is 2.40. The molecule has 0 fully saturated rings. The third-order valence-corrected chi connectivity index (χ3v) is 3.03. The number of amides is 1. The first-order valence-corrected chi connectivity index (χ1v) is 6.06. The van der Waals surface area contributed by atoms with Crippen LogP contribution in [0.3, 0.4) is 0 Å². The first-order chi connectivity index (χ1) is 8.00. The van der Waals surface area contributed by atoms with Gasteiger partial charge in [-0.3, -0.25) is 4.79 Å². The van der Waals surface area contributed by atoms with Crippen molar-refractivity contribution in [1.29, 1.82) is 0 Å². The van der Waals surface area contributed by atoms with Gasteiger partial charge in [0.2, 0.25) is 5.91 Å². The molecule has 7 nitrogen and oxygen atoms in total. The number of carbonyl (C=O) groups excluding carboxylic acids is 1. The SMILES string of the molecule is CC(=O)NC(CSCc1nncn1C)C(=O)O. The lowest BCUT2D eigenvalue weighted by Crippen LogP contribution is -2.41. The van der Waals surface area contributed by atoms with Crippen molar-refractivity contribution < 1.29 is 14.7 Å². The van der Waals surface area contributed by atoms with Crippen molar-refractivity contribution in [2.75, 3.05) is 5.75 Å². The molecule has 0 aliphatic carbocycles. The number of carboxylic acid groups (broad SMARTS) is 1. The molecule has 17 heavy (non-hydrogen) atoms. The summed E-state index contributed by atoms with van der Waals surface area (Å²) >= 11 is 1.38. The molecule has 1 aromatic heterocycles. The Kier molecular flexibility index (Phi) is 4.95. The highest BCUT2D eigenvalue weighted by Crippen LogP contribution is 2.10. The van der Waals surface area contributed by atoms with Crippen LogP contribution in [0.15, 0.2) is 6.33 Å². The summed E-state index contributed by atoms with van der Waals surface area (Å²) in [7, 11) is 1.82. The van der Waals surface area contributed by atoms with Crippen LogP contribution in [-0.2, 0) is 22.4 Å². The van der Waals surface area contributed by atoms with E-state index in [9.17, 15) is 9.59 Å². The van der Waals surface area contributed by atoms with Crippen LogP contribution in [0, 0.1) is 0 Å².